The van der Waals surface area contributed by atoms with Crippen LogP contribution in [0.3, 0.4) is 0 Å². The zero-order chi connectivity index (χ0) is 13.3. The maximum absolute atomic E-state index is 12.0. The standard InChI is InChI=1S/C14H17NO3.ClH/c1-4-9-7-13(17)10-5-6-12(16)11(8-15(2)3)14(10)18-9;/h5-7,16H,4,8H2,1-3H3;1H. The molecule has 0 fully saturated rings. The summed E-state index contributed by atoms with van der Waals surface area (Å²) in [4.78, 5) is 13.9. The maximum atomic E-state index is 12.0. The summed E-state index contributed by atoms with van der Waals surface area (Å²) in [7, 11) is 3.81. The van der Waals surface area contributed by atoms with Crippen molar-refractivity contribution in [1.29, 1.82) is 0 Å². The molecular weight excluding hydrogens is 266 g/mol. The summed E-state index contributed by atoms with van der Waals surface area (Å²) >= 11 is 0. The van der Waals surface area contributed by atoms with Crippen molar-refractivity contribution in [2.24, 2.45) is 0 Å². The highest BCUT2D eigenvalue weighted by Crippen LogP contribution is 2.27. The van der Waals surface area contributed by atoms with E-state index in [0.29, 0.717) is 35.3 Å². The van der Waals surface area contributed by atoms with Gasteiger partial charge in [0, 0.05) is 19.0 Å². The first kappa shape index (κ1) is 15.5. The summed E-state index contributed by atoms with van der Waals surface area (Å²) < 4.78 is 5.72. The Morgan fingerprint density at radius 2 is 2.00 bits per heavy atom. The number of hydrogen-bond donors (Lipinski definition) is 1. The van der Waals surface area contributed by atoms with E-state index in [1.165, 1.54) is 6.07 Å². The van der Waals surface area contributed by atoms with Crippen LogP contribution in [0.15, 0.2) is 27.4 Å². The number of phenolic OH excluding ortho intramolecular Hbond substituents is 1. The molecule has 0 unspecified atom stereocenters. The lowest BCUT2D eigenvalue weighted by atomic mass is 10.1. The number of fused-ring (bicyclic) bond motifs is 1. The van der Waals surface area contributed by atoms with Crippen LogP contribution in [0, 0.1) is 0 Å². The molecule has 1 heterocycles. The molecule has 0 spiro atoms. The maximum Gasteiger partial charge on any atom is 0.192 e. The van der Waals surface area contributed by atoms with Gasteiger partial charge in [0.2, 0.25) is 0 Å². The molecule has 5 heteroatoms. The second kappa shape index (κ2) is 6.08. The molecule has 19 heavy (non-hydrogen) atoms. The summed E-state index contributed by atoms with van der Waals surface area (Å²) in [6, 6.07) is 4.66. The van der Waals surface area contributed by atoms with Gasteiger partial charge < -0.3 is 14.4 Å². The topological polar surface area (TPSA) is 53.7 Å². The van der Waals surface area contributed by atoms with Gasteiger partial charge in [0.05, 0.1) is 10.9 Å². The highest BCUT2D eigenvalue weighted by molar-refractivity contribution is 5.85. The van der Waals surface area contributed by atoms with Crippen LogP contribution in [0.1, 0.15) is 18.2 Å². The Balaban J connectivity index is 0.00000180. The first-order valence-electron chi connectivity index (χ1n) is 5.95. The molecule has 2 aromatic rings. The van der Waals surface area contributed by atoms with Crippen LogP contribution < -0.4 is 5.43 Å². The predicted octanol–water partition coefficient (Wildman–Crippen LogP) is 2.54. The highest BCUT2D eigenvalue weighted by Gasteiger charge is 2.13. The van der Waals surface area contributed by atoms with E-state index in [2.05, 4.69) is 0 Å². The number of rotatable bonds is 3. The third-order valence-electron chi connectivity index (χ3n) is 2.85. The third-order valence-corrected chi connectivity index (χ3v) is 2.85. The number of aryl methyl sites for hydroxylation is 1. The fourth-order valence-corrected chi connectivity index (χ4v) is 1.96. The largest absolute Gasteiger partial charge is 0.507 e. The SMILES string of the molecule is CCc1cc(=O)c2ccc(O)c(CN(C)C)c2o1.Cl. The predicted molar refractivity (Wildman–Crippen MR) is 78.2 cm³/mol. The van der Waals surface area contributed by atoms with Crippen LogP contribution >= 0.6 is 12.4 Å². The second-order valence-corrected chi connectivity index (χ2v) is 4.61. The minimum Gasteiger partial charge on any atom is -0.507 e. The van der Waals surface area contributed by atoms with Gasteiger partial charge in [-0.3, -0.25) is 4.79 Å². The van der Waals surface area contributed by atoms with E-state index in [4.69, 9.17) is 4.42 Å². The van der Waals surface area contributed by atoms with Crippen LogP contribution in [0.5, 0.6) is 5.75 Å². The molecule has 1 N–H and O–H groups in total. The molecule has 0 saturated heterocycles. The third kappa shape index (κ3) is 3.08. The fourth-order valence-electron chi connectivity index (χ4n) is 1.96. The Morgan fingerprint density at radius 1 is 1.32 bits per heavy atom. The summed E-state index contributed by atoms with van der Waals surface area (Å²) in [6.45, 7) is 2.46. The zero-order valence-electron chi connectivity index (χ0n) is 11.3. The van der Waals surface area contributed by atoms with Crippen molar-refractivity contribution in [3.8, 4) is 5.75 Å². The van der Waals surface area contributed by atoms with Crippen LogP contribution in [0.4, 0.5) is 0 Å². The minimum atomic E-state index is -0.0619. The lowest BCUT2D eigenvalue weighted by molar-refractivity contribution is 0.383. The number of nitrogens with zero attached hydrogens (tertiary/aromatic N) is 1. The molecule has 0 atom stereocenters. The van der Waals surface area contributed by atoms with Crippen LogP contribution in [0.2, 0.25) is 0 Å². The summed E-state index contributed by atoms with van der Waals surface area (Å²) in [5.74, 6) is 0.797. The summed E-state index contributed by atoms with van der Waals surface area (Å²) in [5, 5.41) is 10.4. The number of aromatic hydroxyl groups is 1. The molecule has 2 rings (SSSR count). The smallest absolute Gasteiger partial charge is 0.192 e. The van der Waals surface area contributed by atoms with Crippen molar-refractivity contribution in [2.45, 2.75) is 19.9 Å². The van der Waals surface area contributed by atoms with Gasteiger partial charge in [-0.05, 0) is 26.2 Å². The molecule has 0 radical (unpaired) electrons. The van der Waals surface area contributed by atoms with Gasteiger partial charge in [0.25, 0.3) is 0 Å². The van der Waals surface area contributed by atoms with Crippen molar-refractivity contribution in [2.75, 3.05) is 14.1 Å². The van der Waals surface area contributed by atoms with Crippen LogP contribution in [0.25, 0.3) is 11.0 Å². The fraction of sp³-hybridized carbons (Fsp3) is 0.357. The Bertz CT molecular complexity index is 634. The van der Waals surface area contributed by atoms with Crippen molar-refractivity contribution in [3.63, 3.8) is 0 Å². The molecule has 0 aliphatic heterocycles. The molecule has 0 saturated carbocycles. The molecule has 0 amide bonds. The monoisotopic (exact) mass is 283 g/mol. The van der Waals surface area contributed by atoms with Gasteiger partial charge in [-0.1, -0.05) is 6.92 Å². The molecule has 0 bridgehead atoms. The molecule has 4 nitrogen and oxygen atoms in total. The normalized spacial score (nSPS) is 10.7. The van der Waals surface area contributed by atoms with Crippen LogP contribution in [-0.4, -0.2) is 24.1 Å². The van der Waals surface area contributed by atoms with Gasteiger partial charge in [0.15, 0.2) is 5.43 Å². The molecule has 0 aliphatic carbocycles. The van der Waals surface area contributed by atoms with Crippen LogP contribution in [-0.2, 0) is 13.0 Å². The van der Waals surface area contributed by atoms with E-state index in [-0.39, 0.29) is 23.6 Å². The molecule has 0 aliphatic rings. The number of benzene rings is 1. The quantitative estimate of drug-likeness (QED) is 0.940. The summed E-state index contributed by atoms with van der Waals surface area (Å²) in [6.07, 6.45) is 0.655. The first-order chi connectivity index (χ1) is 8.52. The van der Waals surface area contributed by atoms with E-state index in [1.54, 1.807) is 12.1 Å². The lowest BCUT2D eigenvalue weighted by Gasteiger charge is -2.13. The number of phenols is 1. The van der Waals surface area contributed by atoms with Gasteiger partial charge >= 0.3 is 0 Å². The Labute approximate surface area is 118 Å². The van der Waals surface area contributed by atoms with Gasteiger partial charge in [0.1, 0.15) is 17.1 Å². The van der Waals surface area contributed by atoms with Crippen molar-refractivity contribution < 1.29 is 9.52 Å². The van der Waals surface area contributed by atoms with Gasteiger partial charge in [-0.2, -0.15) is 0 Å². The van der Waals surface area contributed by atoms with E-state index in [0.717, 1.165) is 0 Å². The molecule has 1 aromatic carbocycles. The number of hydrogen-bond acceptors (Lipinski definition) is 4. The Hall–Kier alpha value is -1.52. The minimum absolute atomic E-state index is 0. The first-order valence-corrected chi connectivity index (χ1v) is 5.95. The molecule has 1 aromatic heterocycles. The average molecular weight is 284 g/mol. The van der Waals surface area contributed by atoms with E-state index < -0.39 is 0 Å². The number of halogens is 1. The van der Waals surface area contributed by atoms with Gasteiger partial charge in [-0.15, -0.1) is 12.4 Å². The average Bonchev–Trinajstić information content (AvgIpc) is 2.32. The molecular formula is C14H18ClNO3. The Kier molecular flexibility index (Phi) is 4.97. The van der Waals surface area contributed by atoms with E-state index in [1.807, 2.05) is 25.9 Å². The Morgan fingerprint density at radius 3 is 2.58 bits per heavy atom. The highest BCUT2D eigenvalue weighted by atomic mass is 35.5. The van der Waals surface area contributed by atoms with Crippen molar-refractivity contribution in [1.82, 2.24) is 4.90 Å². The van der Waals surface area contributed by atoms with E-state index >= 15 is 0 Å². The van der Waals surface area contributed by atoms with Crippen molar-refractivity contribution in [3.05, 3.63) is 39.7 Å². The second-order valence-electron chi connectivity index (χ2n) is 4.61. The zero-order valence-corrected chi connectivity index (χ0v) is 12.1. The summed E-state index contributed by atoms with van der Waals surface area (Å²) in [5.41, 5.74) is 1.09. The molecule has 104 valence electrons. The lowest BCUT2D eigenvalue weighted by Crippen LogP contribution is -2.12. The van der Waals surface area contributed by atoms with Gasteiger partial charge in [-0.25, -0.2) is 0 Å². The van der Waals surface area contributed by atoms with Crippen molar-refractivity contribution >= 4 is 23.4 Å². The van der Waals surface area contributed by atoms with E-state index in [9.17, 15) is 9.90 Å².